The molecule has 0 aliphatic carbocycles. The minimum Gasteiger partial charge on any atom is -0.294 e. The standard InChI is InChI=1S/C41H38N4OSi/c1-41(2,3)45-38-21-12-11-20-37(38)44(46-45)31-16-13-17-32(27-31)47(4,5)33-22-23-35-34-18-9-10-19-36(34)43(39(35)28-33)40-26-30(24-25-42-40)29-14-7-6-8-15-29/h6-28H,1-5H3. The van der Waals surface area contributed by atoms with Crippen LogP contribution in [-0.4, -0.2) is 23.2 Å². The third kappa shape index (κ3) is 4.92. The number of para-hydroxylation sites is 3. The number of fused-ring (bicyclic) bond motifs is 4. The lowest BCUT2D eigenvalue weighted by Crippen LogP contribution is -2.53. The SMILES string of the molecule is CC(C)(C)N1ON(c2cccc([Si](C)(C)c3ccc4c5ccccc5n(-c5cc(-c6ccccc6)ccn5)c4c3)c2)c2ccccc21. The molecule has 0 radical (unpaired) electrons. The average molecular weight is 631 g/mol. The van der Waals surface area contributed by atoms with Crippen molar-refractivity contribution in [2.24, 2.45) is 0 Å². The summed E-state index contributed by atoms with van der Waals surface area (Å²) < 4.78 is 2.33. The Morgan fingerprint density at radius 1 is 0.596 bits per heavy atom. The summed E-state index contributed by atoms with van der Waals surface area (Å²) in [6.07, 6.45) is 1.92. The van der Waals surface area contributed by atoms with E-state index in [2.05, 4.69) is 172 Å². The zero-order valence-corrected chi connectivity index (χ0v) is 28.5. The highest BCUT2D eigenvalue weighted by atomic mass is 28.3. The molecule has 5 nitrogen and oxygen atoms in total. The third-order valence-electron chi connectivity index (χ3n) is 9.37. The number of pyridine rings is 1. The van der Waals surface area contributed by atoms with E-state index in [1.165, 1.54) is 32.2 Å². The van der Waals surface area contributed by atoms with Gasteiger partial charge in [0.1, 0.15) is 13.9 Å². The molecule has 7 aromatic rings. The molecule has 0 amide bonds. The molecular weight excluding hydrogens is 593 g/mol. The molecule has 1 aliphatic rings. The first-order chi connectivity index (χ1) is 22.7. The van der Waals surface area contributed by atoms with Gasteiger partial charge in [-0.25, -0.2) is 10.0 Å². The van der Waals surface area contributed by atoms with Crippen molar-refractivity contribution in [3.8, 4) is 16.9 Å². The van der Waals surface area contributed by atoms with Crippen molar-refractivity contribution < 1.29 is 4.94 Å². The minimum absolute atomic E-state index is 0.195. The quantitative estimate of drug-likeness (QED) is 0.178. The topological polar surface area (TPSA) is 33.5 Å². The van der Waals surface area contributed by atoms with Gasteiger partial charge in [0.25, 0.3) is 0 Å². The first-order valence-corrected chi connectivity index (χ1v) is 19.2. The molecule has 1 aliphatic heterocycles. The summed E-state index contributed by atoms with van der Waals surface area (Å²) in [5, 5.41) is 9.16. The monoisotopic (exact) mass is 630 g/mol. The highest BCUT2D eigenvalue weighted by molar-refractivity contribution is 7.00. The molecule has 47 heavy (non-hydrogen) atoms. The highest BCUT2D eigenvalue weighted by Gasteiger charge is 2.36. The molecule has 0 bridgehead atoms. The Bertz CT molecular complexity index is 2270. The second-order valence-electron chi connectivity index (χ2n) is 13.9. The van der Waals surface area contributed by atoms with Crippen LogP contribution in [0.2, 0.25) is 13.1 Å². The first-order valence-electron chi connectivity index (χ1n) is 16.2. The van der Waals surface area contributed by atoms with Gasteiger partial charge in [-0.1, -0.05) is 108 Å². The van der Waals surface area contributed by atoms with Gasteiger partial charge in [-0.05, 0) is 80.4 Å². The van der Waals surface area contributed by atoms with Crippen molar-refractivity contribution in [2.45, 2.75) is 39.4 Å². The second-order valence-corrected chi connectivity index (χ2v) is 18.3. The van der Waals surface area contributed by atoms with Gasteiger partial charge in [-0.15, -0.1) is 4.94 Å². The molecular formula is C41H38N4OSi. The van der Waals surface area contributed by atoms with E-state index in [1.807, 2.05) is 16.3 Å². The van der Waals surface area contributed by atoms with E-state index in [1.54, 1.807) is 0 Å². The molecule has 0 atom stereocenters. The molecule has 2 aromatic heterocycles. The number of hydroxylamine groups is 1. The zero-order valence-electron chi connectivity index (χ0n) is 27.5. The van der Waals surface area contributed by atoms with Gasteiger partial charge < -0.3 is 0 Å². The van der Waals surface area contributed by atoms with Crippen LogP contribution in [0.1, 0.15) is 20.8 Å². The molecule has 232 valence electrons. The molecule has 8 rings (SSSR count). The van der Waals surface area contributed by atoms with Gasteiger partial charge in [-0.2, -0.15) is 5.06 Å². The molecule has 0 spiro atoms. The molecule has 0 saturated carbocycles. The van der Waals surface area contributed by atoms with Gasteiger partial charge in [-0.3, -0.25) is 4.57 Å². The van der Waals surface area contributed by atoms with Crippen molar-refractivity contribution in [1.29, 1.82) is 0 Å². The summed E-state index contributed by atoms with van der Waals surface area (Å²) in [6, 6.07) is 47.8. The van der Waals surface area contributed by atoms with Gasteiger partial charge in [0.15, 0.2) is 0 Å². The van der Waals surface area contributed by atoms with Gasteiger partial charge >= 0.3 is 0 Å². The molecule has 5 aromatic carbocycles. The number of hydrogen-bond donors (Lipinski definition) is 0. The maximum atomic E-state index is 6.53. The summed E-state index contributed by atoms with van der Waals surface area (Å²) in [4.78, 5) is 11.4. The Balaban J connectivity index is 1.23. The Hall–Kier alpha value is -5.17. The maximum absolute atomic E-state index is 6.53. The predicted octanol–water partition coefficient (Wildman–Crippen LogP) is 9.27. The van der Waals surface area contributed by atoms with Gasteiger partial charge in [0, 0.05) is 17.0 Å². The van der Waals surface area contributed by atoms with Crippen molar-refractivity contribution in [3.05, 3.63) is 140 Å². The highest BCUT2D eigenvalue weighted by Crippen LogP contribution is 2.44. The smallest absolute Gasteiger partial charge is 0.138 e. The lowest BCUT2D eigenvalue weighted by molar-refractivity contribution is 0.0843. The van der Waals surface area contributed by atoms with Crippen molar-refractivity contribution >= 4 is 57.3 Å². The predicted molar refractivity (Wildman–Crippen MR) is 199 cm³/mol. The summed E-state index contributed by atoms with van der Waals surface area (Å²) >= 11 is 0. The van der Waals surface area contributed by atoms with Gasteiger partial charge in [0.05, 0.1) is 33.6 Å². The van der Waals surface area contributed by atoms with Crippen LogP contribution in [0.3, 0.4) is 0 Å². The van der Waals surface area contributed by atoms with Crippen molar-refractivity contribution in [1.82, 2.24) is 9.55 Å². The number of rotatable bonds is 5. The van der Waals surface area contributed by atoms with Crippen molar-refractivity contribution in [2.75, 3.05) is 10.1 Å². The summed E-state index contributed by atoms with van der Waals surface area (Å²) in [5.41, 5.74) is 7.63. The summed E-state index contributed by atoms with van der Waals surface area (Å²) in [7, 11) is -2.17. The van der Waals surface area contributed by atoms with Crippen LogP contribution in [0.4, 0.5) is 17.1 Å². The van der Waals surface area contributed by atoms with E-state index >= 15 is 0 Å². The molecule has 0 unspecified atom stereocenters. The summed E-state index contributed by atoms with van der Waals surface area (Å²) in [6.45, 7) is 11.4. The average Bonchev–Trinajstić information content (AvgIpc) is 3.65. The van der Waals surface area contributed by atoms with Crippen LogP contribution in [0, 0.1) is 0 Å². The van der Waals surface area contributed by atoms with E-state index in [0.29, 0.717) is 0 Å². The Morgan fingerprint density at radius 2 is 1.30 bits per heavy atom. The van der Waals surface area contributed by atoms with Crippen molar-refractivity contribution in [3.63, 3.8) is 0 Å². The number of aromatic nitrogens is 2. The Labute approximate surface area is 277 Å². The lowest BCUT2D eigenvalue weighted by Gasteiger charge is -2.32. The first kappa shape index (κ1) is 29.2. The fourth-order valence-electron chi connectivity index (χ4n) is 6.79. The van der Waals surface area contributed by atoms with E-state index in [9.17, 15) is 0 Å². The van der Waals surface area contributed by atoms with Crippen LogP contribution in [0.15, 0.2) is 140 Å². The van der Waals surface area contributed by atoms with Crippen LogP contribution in [0.5, 0.6) is 0 Å². The lowest BCUT2D eigenvalue weighted by atomic mass is 10.1. The van der Waals surface area contributed by atoms with E-state index in [4.69, 9.17) is 9.92 Å². The van der Waals surface area contributed by atoms with Crippen LogP contribution in [0.25, 0.3) is 38.8 Å². The largest absolute Gasteiger partial charge is 0.294 e. The molecule has 6 heteroatoms. The number of anilines is 3. The van der Waals surface area contributed by atoms with E-state index in [-0.39, 0.29) is 5.54 Å². The fraction of sp³-hybridized carbons (Fsp3) is 0.146. The molecule has 0 saturated heterocycles. The zero-order chi connectivity index (χ0) is 32.3. The number of nitrogens with zero attached hydrogens (tertiary/aromatic N) is 4. The van der Waals surface area contributed by atoms with Crippen LogP contribution < -0.4 is 20.5 Å². The molecule has 3 heterocycles. The van der Waals surface area contributed by atoms with Crippen LogP contribution >= 0.6 is 0 Å². The Kier molecular flexibility index (Phi) is 6.83. The van der Waals surface area contributed by atoms with Crippen LogP contribution in [-0.2, 0) is 4.94 Å². The maximum Gasteiger partial charge on any atom is 0.138 e. The fourth-order valence-corrected chi connectivity index (χ4v) is 9.14. The van der Waals surface area contributed by atoms with E-state index < -0.39 is 8.07 Å². The summed E-state index contributed by atoms with van der Waals surface area (Å²) in [5.74, 6) is 0.921. The van der Waals surface area contributed by atoms with Gasteiger partial charge in [0.2, 0.25) is 0 Å². The number of benzene rings is 5. The van der Waals surface area contributed by atoms with E-state index in [0.717, 1.165) is 34.0 Å². The second kappa shape index (κ2) is 11.0. The minimum atomic E-state index is -2.17. The number of hydrogen-bond acceptors (Lipinski definition) is 4. The third-order valence-corrected chi connectivity index (χ3v) is 12.9. The normalized spacial score (nSPS) is 13.5. The molecule has 0 N–H and O–H groups in total. The molecule has 0 fully saturated rings. The Morgan fingerprint density at radius 3 is 2.11 bits per heavy atom.